The Kier molecular flexibility index (Phi) is 5.02. The van der Waals surface area contributed by atoms with E-state index in [0.717, 1.165) is 0 Å². The second-order valence-electron chi connectivity index (χ2n) is 5.10. The van der Waals surface area contributed by atoms with E-state index in [9.17, 15) is 14.4 Å². The summed E-state index contributed by atoms with van der Waals surface area (Å²) < 4.78 is 9.95. The van der Waals surface area contributed by atoms with Crippen LogP contribution >= 0.6 is 11.3 Å². The SMILES string of the molecule is COC(=O)c1sccc1C(=O)N1CCC(OC(=O)N(C)C)C1. The summed E-state index contributed by atoms with van der Waals surface area (Å²) in [5, 5.41) is 1.68. The monoisotopic (exact) mass is 326 g/mol. The molecule has 2 heterocycles. The molecule has 1 fully saturated rings. The lowest BCUT2D eigenvalue weighted by Gasteiger charge is -2.18. The fourth-order valence-electron chi connectivity index (χ4n) is 2.16. The van der Waals surface area contributed by atoms with Gasteiger partial charge in [0.2, 0.25) is 0 Å². The van der Waals surface area contributed by atoms with Crippen LogP contribution in [0.1, 0.15) is 26.5 Å². The molecule has 1 unspecified atom stereocenters. The van der Waals surface area contributed by atoms with Crippen LogP contribution in [0, 0.1) is 0 Å². The molecule has 0 aromatic carbocycles. The number of thiophene rings is 1. The predicted molar refractivity (Wildman–Crippen MR) is 80.1 cm³/mol. The van der Waals surface area contributed by atoms with Crippen molar-refractivity contribution in [1.29, 1.82) is 0 Å². The zero-order valence-corrected chi connectivity index (χ0v) is 13.5. The molecule has 1 atom stereocenters. The number of carbonyl (C=O) groups is 3. The van der Waals surface area contributed by atoms with Gasteiger partial charge in [-0.3, -0.25) is 4.79 Å². The fourth-order valence-corrected chi connectivity index (χ4v) is 2.96. The van der Waals surface area contributed by atoms with Crippen LogP contribution in [0.15, 0.2) is 11.4 Å². The molecule has 1 aliphatic heterocycles. The minimum Gasteiger partial charge on any atom is -0.465 e. The van der Waals surface area contributed by atoms with E-state index in [4.69, 9.17) is 4.74 Å². The summed E-state index contributed by atoms with van der Waals surface area (Å²) >= 11 is 1.17. The van der Waals surface area contributed by atoms with E-state index in [1.165, 1.54) is 23.3 Å². The van der Waals surface area contributed by atoms with E-state index in [-0.39, 0.29) is 12.0 Å². The van der Waals surface area contributed by atoms with Crippen molar-refractivity contribution in [2.24, 2.45) is 0 Å². The maximum absolute atomic E-state index is 12.5. The van der Waals surface area contributed by atoms with Crippen molar-refractivity contribution in [1.82, 2.24) is 9.80 Å². The van der Waals surface area contributed by atoms with Crippen molar-refractivity contribution in [2.45, 2.75) is 12.5 Å². The fraction of sp³-hybridized carbons (Fsp3) is 0.500. The highest BCUT2D eigenvalue weighted by Crippen LogP contribution is 2.23. The molecule has 0 aliphatic carbocycles. The van der Waals surface area contributed by atoms with Gasteiger partial charge < -0.3 is 19.3 Å². The van der Waals surface area contributed by atoms with Gasteiger partial charge in [0.05, 0.1) is 19.2 Å². The van der Waals surface area contributed by atoms with Crippen molar-refractivity contribution in [3.8, 4) is 0 Å². The Hall–Kier alpha value is -2.09. The molecular weight excluding hydrogens is 308 g/mol. The summed E-state index contributed by atoms with van der Waals surface area (Å²) in [5.41, 5.74) is 0.330. The summed E-state index contributed by atoms with van der Waals surface area (Å²) in [4.78, 5) is 38.9. The van der Waals surface area contributed by atoms with Gasteiger partial charge in [-0.25, -0.2) is 9.59 Å². The zero-order chi connectivity index (χ0) is 16.3. The highest BCUT2D eigenvalue weighted by atomic mass is 32.1. The average Bonchev–Trinajstić information content (AvgIpc) is 3.14. The summed E-state index contributed by atoms with van der Waals surface area (Å²) in [5.74, 6) is -0.766. The highest BCUT2D eigenvalue weighted by Gasteiger charge is 2.32. The van der Waals surface area contributed by atoms with E-state index in [2.05, 4.69) is 4.74 Å². The van der Waals surface area contributed by atoms with Crippen LogP contribution in [0.2, 0.25) is 0 Å². The van der Waals surface area contributed by atoms with Crippen LogP contribution in [0.4, 0.5) is 4.79 Å². The molecule has 1 saturated heterocycles. The van der Waals surface area contributed by atoms with Gasteiger partial charge >= 0.3 is 12.1 Å². The number of amides is 2. The first-order chi connectivity index (χ1) is 10.4. The van der Waals surface area contributed by atoms with Crippen LogP contribution in [-0.4, -0.2) is 68.2 Å². The third-order valence-corrected chi connectivity index (χ3v) is 4.23. The van der Waals surface area contributed by atoms with Gasteiger partial charge in [-0.2, -0.15) is 0 Å². The van der Waals surface area contributed by atoms with E-state index in [1.54, 1.807) is 30.4 Å². The van der Waals surface area contributed by atoms with Gasteiger partial charge in [0, 0.05) is 27.1 Å². The van der Waals surface area contributed by atoms with Gasteiger partial charge in [-0.05, 0) is 11.4 Å². The van der Waals surface area contributed by atoms with Crippen LogP contribution < -0.4 is 0 Å². The number of nitrogens with zero attached hydrogens (tertiary/aromatic N) is 2. The van der Waals surface area contributed by atoms with Crippen LogP contribution in [0.3, 0.4) is 0 Å². The largest absolute Gasteiger partial charge is 0.465 e. The maximum Gasteiger partial charge on any atom is 0.409 e. The molecule has 2 amide bonds. The Balaban J connectivity index is 2.02. The van der Waals surface area contributed by atoms with Crippen molar-refractivity contribution >= 4 is 29.3 Å². The molecule has 1 aromatic rings. The number of likely N-dealkylation sites (tertiary alicyclic amines) is 1. The lowest BCUT2D eigenvalue weighted by Crippen LogP contribution is -2.33. The van der Waals surface area contributed by atoms with Crippen molar-refractivity contribution in [3.63, 3.8) is 0 Å². The molecule has 0 bridgehead atoms. The first-order valence-electron chi connectivity index (χ1n) is 6.77. The summed E-state index contributed by atoms with van der Waals surface area (Å²) in [6.07, 6.45) is -0.160. The number of carbonyl (C=O) groups excluding carboxylic acids is 3. The second kappa shape index (κ2) is 6.78. The lowest BCUT2D eigenvalue weighted by molar-refractivity contribution is 0.0594. The Labute approximate surface area is 132 Å². The average molecular weight is 326 g/mol. The molecule has 1 aliphatic rings. The number of ether oxygens (including phenoxy) is 2. The Morgan fingerprint density at radius 3 is 2.73 bits per heavy atom. The van der Waals surface area contributed by atoms with Crippen molar-refractivity contribution in [2.75, 3.05) is 34.3 Å². The molecule has 0 spiro atoms. The molecular formula is C14H18N2O5S. The summed E-state index contributed by atoms with van der Waals surface area (Å²) in [6, 6.07) is 1.61. The molecule has 0 saturated carbocycles. The van der Waals surface area contributed by atoms with Gasteiger partial charge in [0.15, 0.2) is 0 Å². The molecule has 7 nitrogen and oxygen atoms in total. The minimum absolute atomic E-state index is 0.245. The summed E-state index contributed by atoms with van der Waals surface area (Å²) in [6.45, 7) is 0.815. The number of methoxy groups -OCH3 is 1. The quantitative estimate of drug-likeness (QED) is 0.786. The number of hydrogen-bond acceptors (Lipinski definition) is 6. The van der Waals surface area contributed by atoms with Gasteiger partial charge in [-0.15, -0.1) is 11.3 Å². The predicted octanol–water partition coefficient (Wildman–Crippen LogP) is 1.45. The minimum atomic E-state index is -0.520. The lowest BCUT2D eigenvalue weighted by atomic mass is 10.2. The van der Waals surface area contributed by atoms with Crippen LogP contribution in [0.25, 0.3) is 0 Å². The third-order valence-electron chi connectivity index (χ3n) is 3.33. The van der Waals surface area contributed by atoms with E-state index in [0.29, 0.717) is 30.0 Å². The topological polar surface area (TPSA) is 76.1 Å². The number of esters is 1. The van der Waals surface area contributed by atoms with E-state index >= 15 is 0 Å². The molecule has 0 N–H and O–H groups in total. The molecule has 1 aromatic heterocycles. The zero-order valence-electron chi connectivity index (χ0n) is 12.7. The first kappa shape index (κ1) is 16.3. The first-order valence-corrected chi connectivity index (χ1v) is 7.65. The van der Waals surface area contributed by atoms with Crippen molar-refractivity contribution < 1.29 is 23.9 Å². The Morgan fingerprint density at radius 2 is 2.09 bits per heavy atom. The summed E-state index contributed by atoms with van der Waals surface area (Å²) in [7, 11) is 4.49. The molecule has 22 heavy (non-hydrogen) atoms. The molecule has 8 heteroatoms. The van der Waals surface area contributed by atoms with Crippen LogP contribution in [0.5, 0.6) is 0 Å². The Bertz CT molecular complexity index is 584. The maximum atomic E-state index is 12.5. The second-order valence-corrected chi connectivity index (χ2v) is 6.01. The van der Waals surface area contributed by atoms with Gasteiger partial charge in [-0.1, -0.05) is 0 Å². The van der Waals surface area contributed by atoms with E-state index < -0.39 is 12.1 Å². The Morgan fingerprint density at radius 1 is 1.36 bits per heavy atom. The number of rotatable bonds is 3. The molecule has 0 radical (unpaired) electrons. The normalized spacial score (nSPS) is 17.2. The molecule has 120 valence electrons. The molecule has 2 rings (SSSR count). The van der Waals surface area contributed by atoms with Gasteiger partial charge in [0.1, 0.15) is 11.0 Å². The standard InChI is InChI=1S/C14H18N2O5S/c1-15(2)14(19)21-9-4-6-16(8-9)12(17)10-5-7-22-11(10)13(18)20-3/h5,7,9H,4,6,8H2,1-3H3. The third kappa shape index (κ3) is 3.38. The highest BCUT2D eigenvalue weighted by molar-refractivity contribution is 7.12. The van der Waals surface area contributed by atoms with Gasteiger partial charge in [0.25, 0.3) is 5.91 Å². The smallest absolute Gasteiger partial charge is 0.409 e. The van der Waals surface area contributed by atoms with E-state index in [1.807, 2.05) is 0 Å². The van der Waals surface area contributed by atoms with Crippen molar-refractivity contribution in [3.05, 3.63) is 21.9 Å². The van der Waals surface area contributed by atoms with Crippen LogP contribution in [-0.2, 0) is 9.47 Å². The number of hydrogen-bond donors (Lipinski definition) is 0.